The van der Waals surface area contributed by atoms with Gasteiger partial charge in [-0.3, -0.25) is 5.10 Å². The fraction of sp³-hybridized carbons (Fsp3) is 0.250. The van der Waals surface area contributed by atoms with Crippen LogP contribution in [0, 0.1) is 5.82 Å². The molecule has 8 heteroatoms. The number of halogens is 2. The standard InChI is InChI=1S/C12H13ClFN3O2S/c1-7(2)20(18,19)11-4-3-8(14)5-10(11)16-12-9(13)6-15-17-12/h3-7H,1-2H3,(H2,15,16,17). The van der Waals surface area contributed by atoms with E-state index in [9.17, 15) is 12.8 Å². The van der Waals surface area contributed by atoms with E-state index >= 15 is 0 Å². The molecule has 0 amide bonds. The average Bonchev–Trinajstić information content (AvgIpc) is 2.74. The SMILES string of the molecule is CC(C)S(=O)(=O)c1ccc(F)cc1Nc1[nH]ncc1Cl. The highest BCUT2D eigenvalue weighted by Gasteiger charge is 2.23. The lowest BCUT2D eigenvalue weighted by Gasteiger charge is -2.14. The Morgan fingerprint density at radius 3 is 2.65 bits per heavy atom. The number of benzene rings is 1. The number of aromatic amines is 1. The minimum Gasteiger partial charge on any atom is -0.338 e. The number of nitrogens with one attached hydrogen (secondary N) is 2. The number of hydrogen-bond donors (Lipinski definition) is 2. The number of sulfone groups is 1. The van der Waals surface area contributed by atoms with Crippen LogP contribution < -0.4 is 5.32 Å². The normalized spacial score (nSPS) is 11.8. The summed E-state index contributed by atoms with van der Waals surface area (Å²) in [5.74, 6) is -0.247. The maximum atomic E-state index is 13.4. The zero-order valence-electron chi connectivity index (χ0n) is 10.8. The minimum absolute atomic E-state index is 0.0135. The lowest BCUT2D eigenvalue weighted by atomic mass is 10.3. The zero-order chi connectivity index (χ0) is 14.9. The highest BCUT2D eigenvalue weighted by atomic mass is 35.5. The first-order valence-corrected chi connectivity index (χ1v) is 7.74. The van der Waals surface area contributed by atoms with Gasteiger partial charge >= 0.3 is 0 Å². The van der Waals surface area contributed by atoms with Gasteiger partial charge in [-0.2, -0.15) is 5.10 Å². The molecule has 20 heavy (non-hydrogen) atoms. The maximum Gasteiger partial charge on any atom is 0.182 e. The summed E-state index contributed by atoms with van der Waals surface area (Å²) in [6, 6.07) is 3.44. The van der Waals surface area contributed by atoms with Crippen molar-refractivity contribution in [3.05, 3.63) is 35.2 Å². The molecule has 5 nitrogen and oxygen atoms in total. The highest BCUT2D eigenvalue weighted by molar-refractivity contribution is 7.92. The van der Waals surface area contributed by atoms with Crippen molar-refractivity contribution in [2.24, 2.45) is 0 Å². The first-order valence-electron chi connectivity index (χ1n) is 5.81. The van der Waals surface area contributed by atoms with Gasteiger partial charge in [0.15, 0.2) is 9.84 Å². The Bertz CT molecular complexity index is 728. The second-order valence-corrected chi connectivity index (χ2v) is 7.33. The van der Waals surface area contributed by atoms with Crippen molar-refractivity contribution in [3.8, 4) is 0 Å². The minimum atomic E-state index is -3.55. The van der Waals surface area contributed by atoms with Crippen LogP contribution >= 0.6 is 11.6 Å². The summed E-state index contributed by atoms with van der Waals surface area (Å²) in [5.41, 5.74) is 0.116. The lowest BCUT2D eigenvalue weighted by Crippen LogP contribution is -2.15. The second-order valence-electron chi connectivity index (χ2n) is 4.45. The molecule has 0 aliphatic rings. The van der Waals surface area contributed by atoms with Crippen molar-refractivity contribution in [3.63, 3.8) is 0 Å². The summed E-state index contributed by atoms with van der Waals surface area (Å²) < 4.78 is 37.9. The Balaban J connectivity index is 2.52. The molecule has 2 aromatic rings. The molecule has 0 atom stereocenters. The van der Waals surface area contributed by atoms with Crippen molar-refractivity contribution >= 4 is 32.9 Å². The van der Waals surface area contributed by atoms with E-state index in [4.69, 9.17) is 11.6 Å². The Hall–Kier alpha value is -1.60. The van der Waals surface area contributed by atoms with Gasteiger partial charge < -0.3 is 5.32 Å². The van der Waals surface area contributed by atoms with Crippen molar-refractivity contribution in [2.45, 2.75) is 24.0 Å². The van der Waals surface area contributed by atoms with E-state index in [-0.39, 0.29) is 15.6 Å². The monoisotopic (exact) mass is 317 g/mol. The van der Waals surface area contributed by atoms with Gasteiger partial charge in [0, 0.05) is 0 Å². The smallest absolute Gasteiger partial charge is 0.182 e. The lowest BCUT2D eigenvalue weighted by molar-refractivity contribution is 0.587. The van der Waals surface area contributed by atoms with Crippen LogP contribution in [0.15, 0.2) is 29.3 Å². The second kappa shape index (κ2) is 5.41. The third kappa shape index (κ3) is 2.78. The van der Waals surface area contributed by atoms with Crippen molar-refractivity contribution < 1.29 is 12.8 Å². The number of hydrogen-bond acceptors (Lipinski definition) is 4. The first kappa shape index (κ1) is 14.8. The van der Waals surface area contributed by atoms with E-state index in [2.05, 4.69) is 15.5 Å². The highest BCUT2D eigenvalue weighted by Crippen LogP contribution is 2.30. The van der Waals surface area contributed by atoms with Crippen LogP contribution in [0.1, 0.15) is 13.8 Å². The molecule has 0 unspecified atom stereocenters. The fourth-order valence-corrected chi connectivity index (χ4v) is 2.92. The number of nitrogens with zero attached hydrogens (tertiary/aromatic N) is 1. The number of H-pyrrole nitrogens is 1. The van der Waals surface area contributed by atoms with Gasteiger partial charge in [0.05, 0.1) is 22.0 Å². The van der Waals surface area contributed by atoms with Crippen LogP contribution in [0.4, 0.5) is 15.9 Å². The summed E-state index contributed by atoms with van der Waals surface area (Å²) in [7, 11) is -3.55. The molecule has 0 aliphatic carbocycles. The molecule has 1 aromatic carbocycles. The molecule has 0 saturated heterocycles. The molecule has 0 fully saturated rings. The Kier molecular flexibility index (Phi) is 4.01. The predicted octanol–water partition coefficient (Wildman–Crippen LogP) is 3.13. The van der Waals surface area contributed by atoms with E-state index < -0.39 is 20.9 Å². The molecule has 0 spiro atoms. The van der Waals surface area contributed by atoms with Crippen LogP contribution in [0.3, 0.4) is 0 Å². The number of anilines is 2. The van der Waals surface area contributed by atoms with E-state index in [1.165, 1.54) is 12.3 Å². The molecule has 0 bridgehead atoms. The van der Waals surface area contributed by atoms with E-state index in [0.29, 0.717) is 5.82 Å². The summed E-state index contributed by atoms with van der Waals surface area (Å²) in [6.45, 7) is 3.12. The third-order valence-corrected chi connectivity index (χ3v) is 5.22. The molecular weight excluding hydrogens is 305 g/mol. The molecule has 2 N–H and O–H groups in total. The van der Waals surface area contributed by atoms with E-state index in [0.717, 1.165) is 12.1 Å². The first-order chi connectivity index (χ1) is 9.32. The van der Waals surface area contributed by atoms with Crippen LogP contribution in [-0.2, 0) is 9.84 Å². The number of aromatic nitrogens is 2. The van der Waals surface area contributed by atoms with Crippen molar-refractivity contribution in [1.29, 1.82) is 0 Å². The van der Waals surface area contributed by atoms with Crippen molar-refractivity contribution in [2.75, 3.05) is 5.32 Å². The predicted molar refractivity (Wildman–Crippen MR) is 75.6 cm³/mol. The largest absolute Gasteiger partial charge is 0.338 e. The van der Waals surface area contributed by atoms with Gasteiger partial charge in [0.1, 0.15) is 16.7 Å². The van der Waals surface area contributed by atoms with Crippen LogP contribution in [-0.4, -0.2) is 23.9 Å². The van der Waals surface area contributed by atoms with Gasteiger partial charge in [-0.15, -0.1) is 0 Å². The summed E-state index contributed by atoms with van der Waals surface area (Å²) in [5, 5.41) is 8.69. The summed E-state index contributed by atoms with van der Waals surface area (Å²) in [4.78, 5) is 0.0135. The molecule has 1 aromatic heterocycles. The van der Waals surface area contributed by atoms with E-state index in [1.54, 1.807) is 13.8 Å². The van der Waals surface area contributed by atoms with Gasteiger partial charge in [0.25, 0.3) is 0 Å². The summed E-state index contributed by atoms with van der Waals surface area (Å²) >= 11 is 5.86. The van der Waals surface area contributed by atoms with Gasteiger partial charge in [-0.1, -0.05) is 11.6 Å². The average molecular weight is 318 g/mol. The Morgan fingerprint density at radius 2 is 2.10 bits per heavy atom. The maximum absolute atomic E-state index is 13.4. The van der Waals surface area contributed by atoms with Gasteiger partial charge in [-0.25, -0.2) is 12.8 Å². The van der Waals surface area contributed by atoms with Gasteiger partial charge in [-0.05, 0) is 32.0 Å². The van der Waals surface area contributed by atoms with Crippen molar-refractivity contribution in [1.82, 2.24) is 10.2 Å². The third-order valence-electron chi connectivity index (χ3n) is 2.72. The molecule has 1 heterocycles. The molecule has 2 rings (SSSR count). The molecule has 108 valence electrons. The molecule has 0 saturated carbocycles. The van der Waals surface area contributed by atoms with Crippen LogP contribution in [0.2, 0.25) is 5.02 Å². The van der Waals surface area contributed by atoms with Crippen LogP contribution in [0.5, 0.6) is 0 Å². The van der Waals surface area contributed by atoms with E-state index in [1.807, 2.05) is 0 Å². The number of rotatable bonds is 4. The molecule has 0 radical (unpaired) electrons. The molecular formula is C12H13ClFN3O2S. The van der Waals surface area contributed by atoms with Gasteiger partial charge in [0.2, 0.25) is 0 Å². The zero-order valence-corrected chi connectivity index (χ0v) is 12.4. The Morgan fingerprint density at radius 1 is 1.40 bits per heavy atom. The fourth-order valence-electron chi connectivity index (χ4n) is 1.60. The van der Waals surface area contributed by atoms with Crippen LogP contribution in [0.25, 0.3) is 0 Å². The Labute approximate surface area is 121 Å². The quantitative estimate of drug-likeness (QED) is 0.850. The topological polar surface area (TPSA) is 74.8 Å². The molecule has 0 aliphatic heterocycles. The summed E-state index contributed by atoms with van der Waals surface area (Å²) in [6.07, 6.45) is 1.36.